The summed E-state index contributed by atoms with van der Waals surface area (Å²) >= 11 is 0. The van der Waals surface area contributed by atoms with Crippen LogP contribution in [-0.2, 0) is 43.0 Å². The van der Waals surface area contributed by atoms with Gasteiger partial charge in [0.15, 0.2) is 6.10 Å². The summed E-state index contributed by atoms with van der Waals surface area (Å²) in [5.41, 5.74) is 0.753. The molecule has 1 unspecified atom stereocenters. The molecular weight excluding hydrogens is 448 g/mol. The number of nitrogens with one attached hydrogen (secondary N) is 2. The molecule has 1 aromatic carbocycles. The Hall–Kier alpha value is -2.74. The summed E-state index contributed by atoms with van der Waals surface area (Å²) in [6.07, 6.45) is 0.561. The minimum atomic E-state index is -3.77. The number of nitrogens with two attached hydrogens (primary N) is 1. The number of hydrogen-bond acceptors (Lipinski definition) is 7. The molecule has 0 aliphatic rings. The monoisotopic (exact) mass is 472 g/mol. The standard InChI is InChI=1S/C18H24N4O7S2/c1-12(29-18(24)16-10-15(11-22(16)3)31(27,28)20-2)17(23)21-9-8-13-4-6-14(7-5-13)30(19,25)26/h4-7,10-12,20H,8-9H2,1-3H3,(H,21,23)(H2,19,25,26). The van der Waals surface area contributed by atoms with Gasteiger partial charge in [-0.15, -0.1) is 0 Å². The molecular formula is C18H24N4O7S2. The lowest BCUT2D eigenvalue weighted by molar-refractivity contribution is -0.129. The van der Waals surface area contributed by atoms with Gasteiger partial charge in [-0.05, 0) is 44.2 Å². The summed E-state index contributed by atoms with van der Waals surface area (Å²) in [4.78, 5) is 24.4. The van der Waals surface area contributed by atoms with E-state index in [2.05, 4.69) is 10.0 Å². The average Bonchev–Trinajstić information content (AvgIpc) is 3.10. The Morgan fingerprint density at radius 3 is 2.29 bits per heavy atom. The first kappa shape index (κ1) is 24.5. The second-order valence-corrected chi connectivity index (χ2v) is 10.1. The van der Waals surface area contributed by atoms with Gasteiger partial charge in [0.25, 0.3) is 5.91 Å². The third-order valence-corrected chi connectivity index (χ3v) is 6.70. The largest absolute Gasteiger partial charge is 0.448 e. The van der Waals surface area contributed by atoms with Crippen molar-refractivity contribution in [2.75, 3.05) is 13.6 Å². The SMILES string of the molecule is CNS(=O)(=O)c1cc(C(=O)OC(C)C(=O)NCCc2ccc(S(N)(=O)=O)cc2)n(C)c1. The van der Waals surface area contributed by atoms with Crippen molar-refractivity contribution in [3.05, 3.63) is 47.8 Å². The average molecular weight is 473 g/mol. The number of esters is 1. The van der Waals surface area contributed by atoms with Crippen LogP contribution < -0.4 is 15.2 Å². The maximum Gasteiger partial charge on any atom is 0.355 e. The van der Waals surface area contributed by atoms with Crippen LogP contribution in [0.5, 0.6) is 0 Å². The number of carbonyl (C=O) groups is 2. The van der Waals surface area contributed by atoms with E-state index in [0.717, 1.165) is 11.6 Å². The molecule has 13 heteroatoms. The van der Waals surface area contributed by atoms with Gasteiger partial charge in [0.2, 0.25) is 20.0 Å². The van der Waals surface area contributed by atoms with E-state index >= 15 is 0 Å². The van der Waals surface area contributed by atoms with E-state index < -0.39 is 38.0 Å². The fourth-order valence-corrected chi connectivity index (χ4v) is 3.91. The van der Waals surface area contributed by atoms with E-state index in [4.69, 9.17) is 9.88 Å². The molecule has 1 heterocycles. The second-order valence-electron chi connectivity index (χ2n) is 6.66. The Morgan fingerprint density at radius 2 is 1.74 bits per heavy atom. The third-order valence-electron chi connectivity index (χ3n) is 4.39. The quantitative estimate of drug-likeness (QED) is 0.413. The Labute approximate surface area is 180 Å². The topological polar surface area (TPSA) is 167 Å². The molecule has 0 saturated carbocycles. The van der Waals surface area contributed by atoms with Crippen molar-refractivity contribution in [2.24, 2.45) is 12.2 Å². The third kappa shape index (κ3) is 6.37. The van der Waals surface area contributed by atoms with Crippen molar-refractivity contribution in [3.8, 4) is 0 Å². The first-order valence-corrected chi connectivity index (χ1v) is 12.1. The maximum atomic E-state index is 12.3. The maximum absolute atomic E-state index is 12.3. The summed E-state index contributed by atoms with van der Waals surface area (Å²) in [6, 6.07) is 7.08. The zero-order valence-corrected chi connectivity index (χ0v) is 18.8. The van der Waals surface area contributed by atoms with E-state index in [1.807, 2.05) is 0 Å². The first-order valence-electron chi connectivity index (χ1n) is 9.05. The molecule has 11 nitrogen and oxygen atoms in total. The van der Waals surface area contributed by atoms with Crippen LogP contribution in [0.3, 0.4) is 0 Å². The smallest absolute Gasteiger partial charge is 0.355 e. The van der Waals surface area contributed by atoms with Gasteiger partial charge in [-0.3, -0.25) is 4.79 Å². The van der Waals surface area contributed by atoms with Gasteiger partial charge in [-0.2, -0.15) is 0 Å². The number of amides is 1. The number of carbonyl (C=O) groups excluding carboxylic acids is 2. The lowest BCUT2D eigenvalue weighted by Crippen LogP contribution is -2.37. The van der Waals surface area contributed by atoms with Crippen LogP contribution in [0.15, 0.2) is 46.3 Å². The predicted octanol–water partition coefficient (Wildman–Crippen LogP) is -0.515. The van der Waals surface area contributed by atoms with Gasteiger partial charge in [-0.25, -0.2) is 31.5 Å². The van der Waals surface area contributed by atoms with Crippen LogP contribution in [0.4, 0.5) is 0 Å². The van der Waals surface area contributed by atoms with Gasteiger partial charge in [0.05, 0.1) is 4.90 Å². The van der Waals surface area contributed by atoms with Crippen molar-refractivity contribution >= 4 is 31.9 Å². The van der Waals surface area contributed by atoms with Gasteiger partial charge in [0.1, 0.15) is 10.6 Å². The molecule has 1 amide bonds. The van der Waals surface area contributed by atoms with E-state index in [9.17, 15) is 26.4 Å². The molecule has 0 aliphatic heterocycles. The molecule has 31 heavy (non-hydrogen) atoms. The van der Waals surface area contributed by atoms with Crippen molar-refractivity contribution in [2.45, 2.75) is 29.2 Å². The second kappa shape index (κ2) is 9.60. The summed E-state index contributed by atoms with van der Waals surface area (Å²) in [5, 5.41) is 7.65. The number of primary sulfonamides is 1. The molecule has 170 valence electrons. The fraction of sp³-hybridized carbons (Fsp3) is 0.333. The van der Waals surface area contributed by atoms with E-state index in [0.29, 0.717) is 6.42 Å². The number of aryl methyl sites for hydroxylation is 1. The molecule has 4 N–H and O–H groups in total. The Balaban J connectivity index is 1.90. The molecule has 2 aromatic rings. The zero-order chi connectivity index (χ0) is 23.4. The number of sulfonamides is 2. The minimum Gasteiger partial charge on any atom is -0.448 e. The number of ether oxygens (including phenoxy) is 1. The van der Waals surface area contributed by atoms with Crippen LogP contribution in [0.2, 0.25) is 0 Å². The molecule has 0 bridgehead atoms. The highest BCUT2D eigenvalue weighted by Gasteiger charge is 2.23. The first-order chi connectivity index (χ1) is 14.3. The van der Waals surface area contributed by atoms with Crippen LogP contribution in [0.25, 0.3) is 0 Å². The highest BCUT2D eigenvalue weighted by Crippen LogP contribution is 2.15. The number of nitrogens with zero attached hydrogens (tertiary/aromatic N) is 1. The van der Waals surface area contributed by atoms with Gasteiger partial charge >= 0.3 is 5.97 Å². The number of benzene rings is 1. The lowest BCUT2D eigenvalue weighted by Gasteiger charge is -2.14. The van der Waals surface area contributed by atoms with Crippen molar-refractivity contribution in [1.82, 2.24) is 14.6 Å². The Bertz CT molecular complexity index is 1170. The van der Waals surface area contributed by atoms with E-state index in [1.165, 1.54) is 43.9 Å². The normalized spacial score (nSPS) is 12.9. The molecule has 0 saturated heterocycles. The van der Waals surface area contributed by atoms with Crippen LogP contribution in [0.1, 0.15) is 23.0 Å². The van der Waals surface area contributed by atoms with Crippen LogP contribution in [0, 0.1) is 0 Å². The molecule has 2 rings (SSSR count). The van der Waals surface area contributed by atoms with Crippen molar-refractivity contribution in [3.63, 3.8) is 0 Å². The van der Waals surface area contributed by atoms with E-state index in [1.54, 1.807) is 12.1 Å². The zero-order valence-electron chi connectivity index (χ0n) is 17.2. The van der Waals surface area contributed by atoms with Crippen molar-refractivity contribution in [1.29, 1.82) is 0 Å². The summed E-state index contributed by atoms with van der Waals surface area (Å²) in [6.45, 7) is 1.62. The van der Waals surface area contributed by atoms with Gasteiger partial charge in [0, 0.05) is 19.8 Å². The molecule has 0 spiro atoms. The molecule has 0 radical (unpaired) electrons. The molecule has 0 fully saturated rings. The predicted molar refractivity (Wildman–Crippen MR) is 111 cm³/mol. The van der Waals surface area contributed by atoms with Crippen molar-refractivity contribution < 1.29 is 31.2 Å². The Kier molecular flexibility index (Phi) is 7.59. The molecule has 1 atom stereocenters. The summed E-state index contributed by atoms with van der Waals surface area (Å²) < 4.78 is 54.8. The number of aromatic nitrogens is 1. The summed E-state index contributed by atoms with van der Waals surface area (Å²) in [7, 11) is -4.76. The minimum absolute atomic E-state index is 0.00725. The highest BCUT2D eigenvalue weighted by atomic mass is 32.2. The fourth-order valence-electron chi connectivity index (χ4n) is 2.60. The van der Waals surface area contributed by atoms with Crippen LogP contribution in [-0.4, -0.2) is 53.0 Å². The van der Waals surface area contributed by atoms with Gasteiger partial charge < -0.3 is 14.6 Å². The molecule has 1 aromatic heterocycles. The Morgan fingerprint density at radius 1 is 1.13 bits per heavy atom. The number of rotatable bonds is 9. The highest BCUT2D eigenvalue weighted by molar-refractivity contribution is 7.89. The van der Waals surface area contributed by atoms with E-state index in [-0.39, 0.29) is 22.0 Å². The van der Waals surface area contributed by atoms with Crippen LogP contribution >= 0.6 is 0 Å². The number of hydrogen-bond donors (Lipinski definition) is 3. The van der Waals surface area contributed by atoms with Gasteiger partial charge in [-0.1, -0.05) is 12.1 Å². The summed E-state index contributed by atoms with van der Waals surface area (Å²) in [5.74, 6) is -1.38. The molecule has 0 aliphatic carbocycles. The lowest BCUT2D eigenvalue weighted by atomic mass is 10.1.